The third kappa shape index (κ3) is 3.64. The lowest BCUT2D eigenvalue weighted by atomic mass is 9.92. The van der Waals surface area contributed by atoms with E-state index < -0.39 is 5.69 Å². The normalized spacial score (nSPS) is 14.3. The third-order valence-electron chi connectivity index (χ3n) is 5.72. The van der Waals surface area contributed by atoms with Crippen LogP contribution in [-0.4, -0.2) is 51.6 Å². The molecule has 3 aromatic rings. The first kappa shape index (κ1) is 20.2. The molecule has 9 heteroatoms. The average molecular weight is 414 g/mol. The smallest absolute Gasteiger partial charge is 0.353 e. The SMILES string of the molecule is CN(C=N)C(=N)C1CCN(c2c(C#N)cccc2-c2cnc(=O)n3cccnc23)CC1. The molecule has 0 aliphatic carbocycles. The topological polar surface area (TPSA) is 125 Å². The highest BCUT2D eigenvalue weighted by Crippen LogP contribution is 2.37. The third-order valence-corrected chi connectivity index (χ3v) is 5.72. The van der Waals surface area contributed by atoms with Crippen molar-refractivity contribution in [3.63, 3.8) is 0 Å². The lowest BCUT2D eigenvalue weighted by Gasteiger charge is -2.36. The minimum absolute atomic E-state index is 0.0695. The molecule has 9 nitrogen and oxygen atoms in total. The number of fused-ring (bicyclic) bond motifs is 1. The van der Waals surface area contributed by atoms with Crippen LogP contribution in [0.4, 0.5) is 5.69 Å². The van der Waals surface area contributed by atoms with Crippen molar-refractivity contribution in [1.29, 1.82) is 16.1 Å². The van der Waals surface area contributed by atoms with Crippen molar-refractivity contribution in [2.45, 2.75) is 12.8 Å². The van der Waals surface area contributed by atoms with Crippen molar-refractivity contribution in [2.75, 3.05) is 25.0 Å². The molecule has 31 heavy (non-hydrogen) atoms. The maximum atomic E-state index is 12.2. The van der Waals surface area contributed by atoms with Crippen LogP contribution >= 0.6 is 0 Å². The van der Waals surface area contributed by atoms with Crippen LogP contribution in [0, 0.1) is 28.1 Å². The number of aromatic nitrogens is 3. The molecule has 0 atom stereocenters. The second-order valence-corrected chi connectivity index (χ2v) is 7.47. The summed E-state index contributed by atoms with van der Waals surface area (Å²) >= 11 is 0. The van der Waals surface area contributed by atoms with Gasteiger partial charge < -0.3 is 9.80 Å². The van der Waals surface area contributed by atoms with Gasteiger partial charge in [0.2, 0.25) is 0 Å². The zero-order chi connectivity index (χ0) is 22.0. The molecule has 1 fully saturated rings. The Morgan fingerprint density at radius 1 is 1.26 bits per heavy atom. The van der Waals surface area contributed by atoms with Crippen LogP contribution in [0.1, 0.15) is 18.4 Å². The summed E-state index contributed by atoms with van der Waals surface area (Å²) in [7, 11) is 1.72. The Bertz CT molecular complexity index is 1250. The largest absolute Gasteiger partial charge is 0.370 e. The van der Waals surface area contributed by atoms with E-state index in [2.05, 4.69) is 20.9 Å². The van der Waals surface area contributed by atoms with Gasteiger partial charge in [-0.1, -0.05) is 12.1 Å². The van der Waals surface area contributed by atoms with E-state index in [4.69, 9.17) is 10.8 Å². The number of hydrogen-bond donors (Lipinski definition) is 2. The van der Waals surface area contributed by atoms with E-state index in [1.807, 2.05) is 12.1 Å². The fourth-order valence-corrected chi connectivity index (χ4v) is 4.08. The Morgan fingerprint density at radius 3 is 2.74 bits per heavy atom. The maximum absolute atomic E-state index is 12.2. The lowest BCUT2D eigenvalue weighted by Crippen LogP contribution is -2.41. The first-order valence-electron chi connectivity index (χ1n) is 9.98. The minimum Gasteiger partial charge on any atom is -0.370 e. The van der Waals surface area contributed by atoms with Crippen LogP contribution in [0.15, 0.2) is 47.7 Å². The highest BCUT2D eigenvalue weighted by Gasteiger charge is 2.27. The van der Waals surface area contributed by atoms with Gasteiger partial charge in [0, 0.05) is 55.8 Å². The number of nitriles is 1. The zero-order valence-electron chi connectivity index (χ0n) is 17.1. The first-order chi connectivity index (χ1) is 15.0. The number of nitrogens with zero attached hydrogens (tertiary/aromatic N) is 6. The summed E-state index contributed by atoms with van der Waals surface area (Å²) in [5, 5.41) is 25.4. The molecule has 1 aliphatic heterocycles. The molecular formula is C22H22N8O. The molecule has 0 bridgehead atoms. The molecule has 0 amide bonds. The first-order valence-corrected chi connectivity index (χ1v) is 9.98. The van der Waals surface area contributed by atoms with E-state index in [-0.39, 0.29) is 5.92 Å². The molecular weight excluding hydrogens is 392 g/mol. The van der Waals surface area contributed by atoms with Crippen LogP contribution < -0.4 is 10.6 Å². The molecule has 4 rings (SSSR count). The lowest BCUT2D eigenvalue weighted by molar-refractivity contribution is 0.473. The van der Waals surface area contributed by atoms with Gasteiger partial charge in [0.05, 0.1) is 17.6 Å². The molecule has 156 valence electrons. The van der Waals surface area contributed by atoms with Crippen molar-refractivity contribution in [3.05, 3.63) is 58.9 Å². The molecule has 1 aliphatic rings. The van der Waals surface area contributed by atoms with Gasteiger partial charge in [-0.3, -0.25) is 15.2 Å². The number of rotatable bonds is 4. The minimum atomic E-state index is -0.403. The molecule has 1 saturated heterocycles. The predicted octanol–water partition coefficient (Wildman–Crippen LogP) is 2.36. The number of para-hydroxylation sites is 1. The molecule has 3 heterocycles. The van der Waals surface area contributed by atoms with Gasteiger partial charge in [-0.15, -0.1) is 0 Å². The van der Waals surface area contributed by atoms with Crippen LogP contribution in [0.3, 0.4) is 0 Å². The Kier molecular flexibility index (Phi) is 5.45. The van der Waals surface area contributed by atoms with E-state index in [9.17, 15) is 10.1 Å². The fourth-order valence-electron chi connectivity index (χ4n) is 4.08. The summed E-state index contributed by atoms with van der Waals surface area (Å²) in [6, 6.07) is 9.50. The summed E-state index contributed by atoms with van der Waals surface area (Å²) in [5.41, 5.74) is 2.91. The summed E-state index contributed by atoms with van der Waals surface area (Å²) < 4.78 is 1.40. The van der Waals surface area contributed by atoms with E-state index >= 15 is 0 Å². The van der Waals surface area contributed by atoms with Crippen molar-refractivity contribution >= 4 is 23.5 Å². The maximum Gasteiger partial charge on any atom is 0.353 e. The van der Waals surface area contributed by atoms with Gasteiger partial charge in [0.15, 0.2) is 0 Å². The van der Waals surface area contributed by atoms with E-state index in [0.29, 0.717) is 35.7 Å². The highest BCUT2D eigenvalue weighted by molar-refractivity contribution is 5.91. The van der Waals surface area contributed by atoms with Crippen molar-refractivity contribution in [3.8, 4) is 17.2 Å². The number of piperidine rings is 1. The van der Waals surface area contributed by atoms with E-state index in [0.717, 1.165) is 30.4 Å². The summed E-state index contributed by atoms with van der Waals surface area (Å²) in [6.07, 6.45) is 7.44. The quantitative estimate of drug-likeness (QED) is 0.499. The second-order valence-electron chi connectivity index (χ2n) is 7.47. The van der Waals surface area contributed by atoms with Gasteiger partial charge >= 0.3 is 5.69 Å². The molecule has 1 aromatic carbocycles. The standard InChI is InChI=1S/C22H22N8O/c1-28(14-24)20(25)15-6-10-29(11-7-15)19-16(12-23)4-2-5-17(19)18-13-27-22(31)30-9-3-8-26-21(18)30/h2-5,8-9,13-15,24-25H,6-7,10-11H2,1H3. The average Bonchev–Trinajstić information content (AvgIpc) is 2.83. The summed E-state index contributed by atoms with van der Waals surface area (Å²) in [4.78, 5) is 24.2. The van der Waals surface area contributed by atoms with Gasteiger partial charge in [0.1, 0.15) is 17.6 Å². The van der Waals surface area contributed by atoms with Crippen LogP contribution in [0.5, 0.6) is 0 Å². The van der Waals surface area contributed by atoms with Crippen molar-refractivity contribution < 1.29 is 0 Å². The van der Waals surface area contributed by atoms with Crippen molar-refractivity contribution in [1.82, 2.24) is 19.3 Å². The second kappa shape index (κ2) is 8.36. The molecule has 0 spiro atoms. The Labute approximate surface area is 179 Å². The predicted molar refractivity (Wildman–Crippen MR) is 119 cm³/mol. The molecule has 2 N–H and O–H groups in total. The number of hydrogen-bond acceptors (Lipinski definition) is 7. The van der Waals surface area contributed by atoms with E-state index in [1.165, 1.54) is 15.5 Å². The van der Waals surface area contributed by atoms with Gasteiger partial charge in [-0.05, 0) is 25.0 Å². The number of benzene rings is 1. The monoisotopic (exact) mass is 414 g/mol. The molecule has 2 aromatic heterocycles. The Hall–Kier alpha value is -4.06. The zero-order valence-corrected chi connectivity index (χ0v) is 17.1. The highest BCUT2D eigenvalue weighted by atomic mass is 16.1. The summed E-state index contributed by atoms with van der Waals surface area (Å²) in [5.74, 6) is 0.505. The van der Waals surface area contributed by atoms with Crippen molar-refractivity contribution in [2.24, 2.45) is 5.92 Å². The Morgan fingerprint density at radius 2 is 2.03 bits per heavy atom. The summed E-state index contributed by atoms with van der Waals surface area (Å²) in [6.45, 7) is 1.35. The van der Waals surface area contributed by atoms with Crippen LogP contribution in [-0.2, 0) is 0 Å². The van der Waals surface area contributed by atoms with Gasteiger partial charge in [-0.25, -0.2) is 14.8 Å². The number of nitrogens with one attached hydrogen (secondary N) is 2. The fraction of sp³-hybridized carbons (Fsp3) is 0.273. The molecule has 0 saturated carbocycles. The molecule has 0 unspecified atom stereocenters. The number of anilines is 1. The van der Waals surface area contributed by atoms with E-state index in [1.54, 1.807) is 31.6 Å². The van der Waals surface area contributed by atoms with Gasteiger partial charge in [-0.2, -0.15) is 5.26 Å². The van der Waals surface area contributed by atoms with Crippen LogP contribution in [0.2, 0.25) is 0 Å². The number of amidine groups is 1. The van der Waals surface area contributed by atoms with Crippen LogP contribution in [0.25, 0.3) is 16.8 Å². The van der Waals surface area contributed by atoms with Gasteiger partial charge in [0.25, 0.3) is 0 Å². The molecule has 0 radical (unpaired) electrons. The Balaban J connectivity index is 1.76.